The lowest BCUT2D eigenvalue weighted by Crippen LogP contribution is -2.40. The SMILES string of the molecule is CCCNC(c1csc(C)c1)C1COCCO1. The van der Waals surface area contributed by atoms with Crippen molar-refractivity contribution in [2.45, 2.75) is 32.4 Å². The zero-order valence-electron chi connectivity index (χ0n) is 10.6. The predicted octanol–water partition coefficient (Wildman–Crippen LogP) is 2.51. The van der Waals surface area contributed by atoms with E-state index < -0.39 is 0 Å². The number of thiophene rings is 1. The number of rotatable bonds is 5. The third-order valence-electron chi connectivity index (χ3n) is 2.94. The van der Waals surface area contributed by atoms with Gasteiger partial charge in [0.05, 0.1) is 25.9 Å². The fourth-order valence-electron chi connectivity index (χ4n) is 2.09. The van der Waals surface area contributed by atoms with E-state index in [1.807, 2.05) is 0 Å². The Balaban J connectivity index is 2.06. The van der Waals surface area contributed by atoms with E-state index in [2.05, 4.69) is 30.6 Å². The fourth-order valence-corrected chi connectivity index (χ4v) is 2.83. The molecule has 0 amide bonds. The summed E-state index contributed by atoms with van der Waals surface area (Å²) in [5.41, 5.74) is 1.33. The molecule has 1 N–H and O–H groups in total. The highest BCUT2D eigenvalue weighted by atomic mass is 32.1. The van der Waals surface area contributed by atoms with Gasteiger partial charge in [-0.25, -0.2) is 0 Å². The van der Waals surface area contributed by atoms with Crippen LogP contribution < -0.4 is 5.32 Å². The lowest BCUT2D eigenvalue weighted by molar-refractivity contribution is -0.102. The van der Waals surface area contributed by atoms with Crippen molar-refractivity contribution in [2.75, 3.05) is 26.4 Å². The molecule has 1 aromatic heterocycles. The summed E-state index contributed by atoms with van der Waals surface area (Å²) in [5, 5.41) is 5.79. The Kier molecular flexibility index (Phi) is 4.98. The highest BCUT2D eigenvalue weighted by molar-refractivity contribution is 7.10. The second-order valence-electron chi connectivity index (χ2n) is 4.41. The van der Waals surface area contributed by atoms with Crippen molar-refractivity contribution in [1.29, 1.82) is 0 Å². The minimum absolute atomic E-state index is 0.143. The minimum Gasteiger partial charge on any atom is -0.376 e. The summed E-state index contributed by atoms with van der Waals surface area (Å²) >= 11 is 1.79. The first-order valence-corrected chi connectivity index (χ1v) is 7.17. The predicted molar refractivity (Wildman–Crippen MR) is 70.6 cm³/mol. The lowest BCUT2D eigenvalue weighted by Gasteiger charge is -2.30. The molecule has 1 aliphatic heterocycles. The Hall–Kier alpha value is -0.420. The van der Waals surface area contributed by atoms with E-state index in [9.17, 15) is 0 Å². The molecule has 2 rings (SSSR count). The normalized spacial score (nSPS) is 22.6. The fraction of sp³-hybridized carbons (Fsp3) is 0.692. The van der Waals surface area contributed by atoms with E-state index >= 15 is 0 Å². The molecule has 17 heavy (non-hydrogen) atoms. The molecular weight excluding hydrogens is 234 g/mol. The van der Waals surface area contributed by atoms with Crippen LogP contribution in [0.1, 0.15) is 29.8 Å². The highest BCUT2D eigenvalue weighted by Crippen LogP contribution is 2.26. The summed E-state index contributed by atoms with van der Waals surface area (Å²) in [6.45, 7) is 7.46. The minimum atomic E-state index is 0.143. The largest absolute Gasteiger partial charge is 0.376 e. The van der Waals surface area contributed by atoms with Crippen molar-refractivity contribution in [1.82, 2.24) is 5.32 Å². The standard InChI is InChI=1S/C13H21NO2S/c1-3-4-14-13(11-7-10(2)17-9-11)12-8-15-5-6-16-12/h7,9,12-14H,3-6,8H2,1-2H3. The second-order valence-corrected chi connectivity index (χ2v) is 5.52. The zero-order valence-corrected chi connectivity index (χ0v) is 11.4. The van der Waals surface area contributed by atoms with E-state index in [-0.39, 0.29) is 12.1 Å². The van der Waals surface area contributed by atoms with Crippen LogP contribution >= 0.6 is 11.3 Å². The number of hydrogen-bond acceptors (Lipinski definition) is 4. The Morgan fingerprint density at radius 3 is 3.00 bits per heavy atom. The smallest absolute Gasteiger partial charge is 0.100 e. The molecule has 3 nitrogen and oxygen atoms in total. The average molecular weight is 255 g/mol. The lowest BCUT2D eigenvalue weighted by atomic mass is 10.0. The van der Waals surface area contributed by atoms with Crippen molar-refractivity contribution in [3.05, 3.63) is 21.9 Å². The number of aryl methyl sites for hydroxylation is 1. The van der Waals surface area contributed by atoms with Crippen LogP contribution in [0.3, 0.4) is 0 Å². The molecule has 0 radical (unpaired) electrons. The van der Waals surface area contributed by atoms with E-state index in [0.29, 0.717) is 13.2 Å². The summed E-state index contributed by atoms with van der Waals surface area (Å²) in [6, 6.07) is 2.51. The molecule has 0 saturated carbocycles. The molecule has 2 unspecified atom stereocenters. The van der Waals surface area contributed by atoms with Gasteiger partial charge in [0.1, 0.15) is 6.10 Å². The molecule has 1 fully saturated rings. The van der Waals surface area contributed by atoms with Crippen LogP contribution in [0.4, 0.5) is 0 Å². The summed E-state index contributed by atoms with van der Waals surface area (Å²) in [6.07, 6.45) is 1.28. The Morgan fingerprint density at radius 2 is 2.41 bits per heavy atom. The average Bonchev–Trinajstić information content (AvgIpc) is 2.78. The van der Waals surface area contributed by atoms with Crippen LogP contribution in [-0.4, -0.2) is 32.5 Å². The first kappa shape index (κ1) is 13.0. The molecule has 0 aromatic carbocycles. The molecule has 2 heterocycles. The van der Waals surface area contributed by atoms with Gasteiger partial charge in [0.15, 0.2) is 0 Å². The molecule has 96 valence electrons. The van der Waals surface area contributed by atoms with Gasteiger partial charge in [-0.15, -0.1) is 11.3 Å². The van der Waals surface area contributed by atoms with Gasteiger partial charge in [-0.2, -0.15) is 0 Å². The van der Waals surface area contributed by atoms with Crippen LogP contribution in [0.5, 0.6) is 0 Å². The van der Waals surface area contributed by atoms with Crippen LogP contribution in [0, 0.1) is 6.92 Å². The molecule has 2 atom stereocenters. The van der Waals surface area contributed by atoms with Crippen molar-refractivity contribution in [3.8, 4) is 0 Å². The maximum atomic E-state index is 5.82. The van der Waals surface area contributed by atoms with Crippen molar-refractivity contribution in [2.24, 2.45) is 0 Å². The molecule has 1 saturated heterocycles. The topological polar surface area (TPSA) is 30.5 Å². The van der Waals surface area contributed by atoms with Crippen LogP contribution in [0.2, 0.25) is 0 Å². The van der Waals surface area contributed by atoms with Gasteiger partial charge in [-0.05, 0) is 36.9 Å². The Bertz CT molecular complexity index is 334. The van der Waals surface area contributed by atoms with Crippen molar-refractivity contribution >= 4 is 11.3 Å². The molecule has 4 heteroatoms. The Morgan fingerprint density at radius 1 is 1.53 bits per heavy atom. The van der Waals surface area contributed by atoms with Crippen molar-refractivity contribution < 1.29 is 9.47 Å². The molecule has 1 aromatic rings. The third kappa shape index (κ3) is 3.52. The van der Waals surface area contributed by atoms with Gasteiger partial charge in [0.25, 0.3) is 0 Å². The first-order valence-electron chi connectivity index (χ1n) is 6.29. The Labute approximate surface area is 107 Å². The van der Waals surface area contributed by atoms with Gasteiger partial charge in [-0.1, -0.05) is 6.92 Å². The number of ether oxygens (including phenoxy) is 2. The third-order valence-corrected chi connectivity index (χ3v) is 3.82. The molecule has 0 bridgehead atoms. The summed E-state index contributed by atoms with van der Waals surface area (Å²) < 4.78 is 11.3. The van der Waals surface area contributed by atoms with Crippen molar-refractivity contribution in [3.63, 3.8) is 0 Å². The maximum absolute atomic E-state index is 5.82. The number of hydrogen-bond donors (Lipinski definition) is 1. The monoisotopic (exact) mass is 255 g/mol. The van der Waals surface area contributed by atoms with Crippen LogP contribution in [0.15, 0.2) is 11.4 Å². The first-order chi connectivity index (χ1) is 8.31. The van der Waals surface area contributed by atoms with E-state index in [0.717, 1.165) is 19.6 Å². The van der Waals surface area contributed by atoms with E-state index in [1.54, 1.807) is 11.3 Å². The number of nitrogens with one attached hydrogen (secondary N) is 1. The quantitative estimate of drug-likeness (QED) is 0.877. The molecule has 1 aliphatic rings. The second kappa shape index (κ2) is 6.50. The van der Waals surface area contributed by atoms with Gasteiger partial charge >= 0.3 is 0 Å². The van der Waals surface area contributed by atoms with Gasteiger partial charge in [-0.3, -0.25) is 0 Å². The van der Waals surface area contributed by atoms with E-state index in [4.69, 9.17) is 9.47 Å². The molecule has 0 aliphatic carbocycles. The van der Waals surface area contributed by atoms with Crippen LogP contribution in [0.25, 0.3) is 0 Å². The van der Waals surface area contributed by atoms with E-state index in [1.165, 1.54) is 10.4 Å². The highest BCUT2D eigenvalue weighted by Gasteiger charge is 2.26. The van der Waals surface area contributed by atoms with Gasteiger partial charge < -0.3 is 14.8 Å². The summed E-state index contributed by atoms with van der Waals surface area (Å²) in [7, 11) is 0. The van der Waals surface area contributed by atoms with Gasteiger partial charge in [0.2, 0.25) is 0 Å². The van der Waals surface area contributed by atoms with Gasteiger partial charge in [0, 0.05) is 4.88 Å². The summed E-state index contributed by atoms with van der Waals surface area (Å²) in [5.74, 6) is 0. The maximum Gasteiger partial charge on any atom is 0.100 e. The molecular formula is C13H21NO2S. The van der Waals surface area contributed by atoms with Crippen LogP contribution in [-0.2, 0) is 9.47 Å². The zero-order chi connectivity index (χ0) is 12.1. The summed E-state index contributed by atoms with van der Waals surface area (Å²) in [4.78, 5) is 1.35. The molecule has 0 spiro atoms.